The number of halogens is 1. The first kappa shape index (κ1) is 17.0. The quantitative estimate of drug-likeness (QED) is 0.633. The average Bonchev–Trinajstić information content (AvgIpc) is 3.05. The van der Waals surface area contributed by atoms with Gasteiger partial charge in [-0.15, -0.1) is 23.1 Å². The van der Waals surface area contributed by atoms with Crippen LogP contribution in [0.15, 0.2) is 60.0 Å². The van der Waals surface area contributed by atoms with Gasteiger partial charge in [-0.05, 0) is 17.7 Å². The molecule has 24 heavy (non-hydrogen) atoms. The summed E-state index contributed by atoms with van der Waals surface area (Å²) in [6.07, 6.45) is 0. The van der Waals surface area contributed by atoms with Crippen LogP contribution in [-0.2, 0) is 10.5 Å². The molecule has 1 amide bonds. The summed E-state index contributed by atoms with van der Waals surface area (Å²) in [5.74, 6) is 1.19. The van der Waals surface area contributed by atoms with Crippen molar-refractivity contribution in [3.63, 3.8) is 0 Å². The zero-order chi connectivity index (χ0) is 16.8. The minimum absolute atomic E-state index is 0.0343. The number of carbonyl (C=O) groups is 1. The molecule has 2 aromatic carbocycles. The standard InChI is InChI=1S/C18H15ClN2OS2/c19-15-8-6-14(7-9-15)16-11-24-18(20-16)21-17(22)12-23-10-13-4-2-1-3-5-13/h1-9,11H,10,12H2,(H,20,21,22). The number of benzene rings is 2. The normalized spacial score (nSPS) is 10.5. The molecule has 1 N–H and O–H groups in total. The number of carbonyl (C=O) groups excluding carboxylic acids is 1. The second-order valence-electron chi connectivity index (χ2n) is 5.07. The van der Waals surface area contributed by atoms with Crippen LogP contribution in [0.2, 0.25) is 5.02 Å². The van der Waals surface area contributed by atoms with Crippen LogP contribution >= 0.6 is 34.7 Å². The number of thioether (sulfide) groups is 1. The molecule has 0 spiro atoms. The third kappa shape index (κ3) is 4.84. The minimum atomic E-state index is -0.0343. The summed E-state index contributed by atoms with van der Waals surface area (Å²) in [6.45, 7) is 0. The van der Waals surface area contributed by atoms with Gasteiger partial charge in [0, 0.05) is 21.7 Å². The van der Waals surface area contributed by atoms with Gasteiger partial charge in [-0.2, -0.15) is 0 Å². The first-order valence-electron chi connectivity index (χ1n) is 7.34. The van der Waals surface area contributed by atoms with E-state index in [4.69, 9.17) is 11.6 Å². The summed E-state index contributed by atoms with van der Waals surface area (Å²) in [5.41, 5.74) is 3.04. The molecule has 3 nitrogen and oxygen atoms in total. The Morgan fingerprint density at radius 2 is 1.88 bits per heavy atom. The lowest BCUT2D eigenvalue weighted by Crippen LogP contribution is -2.13. The molecule has 0 saturated carbocycles. The predicted octanol–water partition coefficient (Wildman–Crippen LogP) is 5.34. The molecule has 0 bridgehead atoms. The predicted molar refractivity (Wildman–Crippen MR) is 104 cm³/mol. The van der Waals surface area contributed by atoms with E-state index < -0.39 is 0 Å². The highest BCUT2D eigenvalue weighted by molar-refractivity contribution is 7.99. The number of amides is 1. The SMILES string of the molecule is O=C(CSCc1ccccc1)Nc1nc(-c2ccc(Cl)cc2)cs1. The summed E-state index contributed by atoms with van der Waals surface area (Å²) < 4.78 is 0. The number of aromatic nitrogens is 1. The van der Waals surface area contributed by atoms with E-state index in [0.29, 0.717) is 15.9 Å². The largest absolute Gasteiger partial charge is 0.301 e. The molecule has 0 fully saturated rings. The summed E-state index contributed by atoms with van der Waals surface area (Å²) in [6, 6.07) is 17.6. The van der Waals surface area contributed by atoms with E-state index in [9.17, 15) is 4.79 Å². The molecule has 0 atom stereocenters. The zero-order valence-corrected chi connectivity index (χ0v) is 15.1. The maximum absolute atomic E-state index is 12.0. The monoisotopic (exact) mass is 374 g/mol. The Balaban J connectivity index is 1.51. The van der Waals surface area contributed by atoms with Gasteiger partial charge in [0.15, 0.2) is 5.13 Å². The average molecular weight is 375 g/mol. The van der Waals surface area contributed by atoms with Gasteiger partial charge in [-0.25, -0.2) is 4.98 Å². The molecule has 3 rings (SSSR count). The number of thiazole rings is 1. The van der Waals surface area contributed by atoms with Crippen molar-refractivity contribution in [2.75, 3.05) is 11.1 Å². The van der Waals surface area contributed by atoms with Crippen LogP contribution < -0.4 is 5.32 Å². The highest BCUT2D eigenvalue weighted by Gasteiger charge is 2.08. The molecular weight excluding hydrogens is 360 g/mol. The smallest absolute Gasteiger partial charge is 0.236 e. The van der Waals surface area contributed by atoms with Crippen molar-refractivity contribution < 1.29 is 4.79 Å². The molecule has 1 heterocycles. The van der Waals surface area contributed by atoms with Gasteiger partial charge in [-0.3, -0.25) is 4.79 Å². The number of rotatable bonds is 6. The first-order valence-corrected chi connectivity index (χ1v) is 9.75. The van der Waals surface area contributed by atoms with Crippen LogP contribution in [0.25, 0.3) is 11.3 Å². The highest BCUT2D eigenvalue weighted by atomic mass is 35.5. The van der Waals surface area contributed by atoms with Gasteiger partial charge in [0.1, 0.15) is 0 Å². The lowest BCUT2D eigenvalue weighted by molar-refractivity contribution is -0.113. The number of nitrogens with zero attached hydrogens (tertiary/aromatic N) is 1. The molecule has 0 aliphatic rings. The molecule has 0 aliphatic heterocycles. The van der Waals surface area contributed by atoms with Gasteiger partial charge >= 0.3 is 0 Å². The fourth-order valence-electron chi connectivity index (χ4n) is 2.08. The fraction of sp³-hybridized carbons (Fsp3) is 0.111. The Kier molecular flexibility index (Phi) is 5.91. The Bertz CT molecular complexity index is 803. The van der Waals surface area contributed by atoms with E-state index in [2.05, 4.69) is 22.4 Å². The summed E-state index contributed by atoms with van der Waals surface area (Å²) in [7, 11) is 0. The van der Waals surface area contributed by atoms with Crippen LogP contribution in [0.1, 0.15) is 5.56 Å². The van der Waals surface area contributed by atoms with E-state index in [1.165, 1.54) is 16.9 Å². The molecule has 0 unspecified atom stereocenters. The van der Waals surface area contributed by atoms with Crippen molar-refractivity contribution in [1.82, 2.24) is 4.98 Å². The van der Waals surface area contributed by atoms with Crippen LogP contribution in [0, 0.1) is 0 Å². The topological polar surface area (TPSA) is 42.0 Å². The van der Waals surface area contributed by atoms with Crippen molar-refractivity contribution in [3.05, 3.63) is 70.6 Å². The lowest BCUT2D eigenvalue weighted by Gasteiger charge is -2.02. The van der Waals surface area contributed by atoms with Gasteiger partial charge in [0.05, 0.1) is 11.4 Å². The Labute approximate surface area is 154 Å². The summed E-state index contributed by atoms with van der Waals surface area (Å²) in [4.78, 5) is 16.5. The lowest BCUT2D eigenvalue weighted by atomic mass is 10.2. The number of hydrogen-bond acceptors (Lipinski definition) is 4. The van der Waals surface area contributed by atoms with Crippen molar-refractivity contribution in [2.24, 2.45) is 0 Å². The molecule has 3 aromatic rings. The van der Waals surface area contributed by atoms with E-state index in [0.717, 1.165) is 17.0 Å². The molecule has 6 heteroatoms. The van der Waals surface area contributed by atoms with E-state index in [1.807, 2.05) is 47.8 Å². The number of nitrogens with one attached hydrogen (secondary N) is 1. The molecule has 0 saturated heterocycles. The minimum Gasteiger partial charge on any atom is -0.301 e. The Hall–Kier alpha value is -1.82. The zero-order valence-electron chi connectivity index (χ0n) is 12.7. The van der Waals surface area contributed by atoms with Gasteiger partial charge in [-0.1, -0.05) is 54.1 Å². The van der Waals surface area contributed by atoms with Crippen molar-refractivity contribution in [2.45, 2.75) is 5.75 Å². The van der Waals surface area contributed by atoms with E-state index >= 15 is 0 Å². The third-order valence-electron chi connectivity index (χ3n) is 3.24. The van der Waals surface area contributed by atoms with Crippen LogP contribution in [0.4, 0.5) is 5.13 Å². The van der Waals surface area contributed by atoms with Crippen LogP contribution in [0.3, 0.4) is 0 Å². The van der Waals surface area contributed by atoms with Gasteiger partial charge in [0.25, 0.3) is 0 Å². The number of hydrogen-bond donors (Lipinski definition) is 1. The van der Waals surface area contributed by atoms with E-state index in [-0.39, 0.29) is 5.91 Å². The van der Waals surface area contributed by atoms with Gasteiger partial charge < -0.3 is 5.32 Å². The highest BCUT2D eigenvalue weighted by Crippen LogP contribution is 2.26. The molecule has 0 radical (unpaired) electrons. The van der Waals surface area contributed by atoms with Crippen LogP contribution in [-0.4, -0.2) is 16.6 Å². The molecule has 0 aliphatic carbocycles. The second kappa shape index (κ2) is 8.33. The Morgan fingerprint density at radius 1 is 1.12 bits per heavy atom. The fourth-order valence-corrected chi connectivity index (χ4v) is 3.73. The van der Waals surface area contributed by atoms with Crippen LogP contribution in [0.5, 0.6) is 0 Å². The van der Waals surface area contributed by atoms with Gasteiger partial charge in [0.2, 0.25) is 5.91 Å². The maximum atomic E-state index is 12.0. The van der Waals surface area contributed by atoms with Crippen molar-refractivity contribution in [3.8, 4) is 11.3 Å². The summed E-state index contributed by atoms with van der Waals surface area (Å²) >= 11 is 8.90. The third-order valence-corrected chi connectivity index (χ3v) is 5.25. The second-order valence-corrected chi connectivity index (χ2v) is 7.35. The number of anilines is 1. The molecule has 1 aromatic heterocycles. The van der Waals surface area contributed by atoms with E-state index in [1.54, 1.807) is 11.8 Å². The molecular formula is C18H15ClN2OS2. The molecule has 122 valence electrons. The van der Waals surface area contributed by atoms with Crippen molar-refractivity contribution >= 4 is 45.7 Å². The maximum Gasteiger partial charge on any atom is 0.236 e. The van der Waals surface area contributed by atoms with Crippen molar-refractivity contribution in [1.29, 1.82) is 0 Å². The summed E-state index contributed by atoms with van der Waals surface area (Å²) in [5, 5.41) is 6.09. The Morgan fingerprint density at radius 3 is 2.62 bits per heavy atom. The first-order chi connectivity index (χ1) is 11.7.